The molecule has 0 aliphatic carbocycles. The number of fused-ring (bicyclic) bond motifs is 1. The third kappa shape index (κ3) is 4.31. The van der Waals surface area contributed by atoms with E-state index in [9.17, 15) is 18.4 Å². The van der Waals surface area contributed by atoms with Gasteiger partial charge in [-0.3, -0.25) is 4.79 Å². The summed E-state index contributed by atoms with van der Waals surface area (Å²) in [5.41, 5.74) is 1.83. The highest BCUT2D eigenvalue weighted by atomic mass is 19.3. The van der Waals surface area contributed by atoms with Crippen LogP contribution in [-0.2, 0) is 19.5 Å². The van der Waals surface area contributed by atoms with E-state index < -0.39 is 6.61 Å². The van der Waals surface area contributed by atoms with Crippen molar-refractivity contribution in [1.82, 2.24) is 20.4 Å². The fourth-order valence-electron chi connectivity index (χ4n) is 2.64. The maximum absolute atomic E-state index is 12.3. The summed E-state index contributed by atoms with van der Waals surface area (Å²) in [5, 5.41) is 9.08. The third-order valence-electron chi connectivity index (χ3n) is 3.81. The Hall–Kier alpha value is -2.97. The van der Waals surface area contributed by atoms with E-state index in [1.165, 1.54) is 18.2 Å². The van der Waals surface area contributed by atoms with Gasteiger partial charge in [0.15, 0.2) is 0 Å². The number of amides is 2. The second-order valence-corrected chi connectivity index (χ2v) is 5.56. The van der Waals surface area contributed by atoms with Gasteiger partial charge in [-0.2, -0.15) is 13.9 Å². The van der Waals surface area contributed by atoms with Crippen LogP contribution in [0.5, 0.6) is 5.75 Å². The Balaban J connectivity index is 1.59. The first-order chi connectivity index (χ1) is 12.0. The molecule has 0 radical (unpaired) electrons. The van der Waals surface area contributed by atoms with E-state index in [4.69, 9.17) is 0 Å². The monoisotopic (exact) mass is 350 g/mol. The highest BCUT2D eigenvalue weighted by Crippen LogP contribution is 2.17. The zero-order valence-electron chi connectivity index (χ0n) is 13.2. The number of aromatic nitrogens is 2. The first-order valence-electron chi connectivity index (χ1n) is 7.65. The number of alkyl halides is 2. The summed E-state index contributed by atoms with van der Waals surface area (Å²) < 4.78 is 28.8. The molecule has 9 heteroatoms. The van der Waals surface area contributed by atoms with Crippen LogP contribution in [0.25, 0.3) is 0 Å². The average molecular weight is 350 g/mol. The van der Waals surface area contributed by atoms with Gasteiger partial charge in [-0.05, 0) is 17.7 Å². The number of carbonyl (C=O) groups is 1. The van der Waals surface area contributed by atoms with Gasteiger partial charge in [0, 0.05) is 37.7 Å². The quantitative estimate of drug-likeness (QED) is 0.878. The molecule has 2 heterocycles. The van der Waals surface area contributed by atoms with Crippen molar-refractivity contribution in [3.63, 3.8) is 0 Å². The van der Waals surface area contributed by atoms with E-state index >= 15 is 0 Å². The molecule has 2 aromatic rings. The first-order valence-corrected chi connectivity index (χ1v) is 7.65. The molecule has 0 saturated carbocycles. The molecule has 3 rings (SSSR count). The molecule has 2 amide bonds. The normalized spacial score (nSPS) is 13.5. The van der Waals surface area contributed by atoms with Crippen molar-refractivity contribution in [2.75, 3.05) is 6.54 Å². The summed E-state index contributed by atoms with van der Waals surface area (Å²) in [5.74, 6) is 0.0407. The van der Waals surface area contributed by atoms with Gasteiger partial charge < -0.3 is 15.0 Å². The zero-order valence-corrected chi connectivity index (χ0v) is 13.2. The Morgan fingerprint density at radius 2 is 2.24 bits per heavy atom. The van der Waals surface area contributed by atoms with Crippen molar-refractivity contribution >= 4 is 6.03 Å². The van der Waals surface area contributed by atoms with Crippen molar-refractivity contribution in [1.29, 1.82) is 0 Å². The molecule has 0 spiro atoms. The fourth-order valence-corrected chi connectivity index (χ4v) is 2.64. The second kappa shape index (κ2) is 7.29. The Labute approximate surface area is 141 Å². The van der Waals surface area contributed by atoms with Gasteiger partial charge in [0.05, 0.1) is 5.69 Å². The number of H-pyrrole nitrogens is 1. The lowest BCUT2D eigenvalue weighted by molar-refractivity contribution is -0.0498. The minimum atomic E-state index is -2.89. The van der Waals surface area contributed by atoms with E-state index in [1.807, 2.05) is 0 Å². The van der Waals surface area contributed by atoms with Gasteiger partial charge in [-0.1, -0.05) is 12.1 Å². The minimum Gasteiger partial charge on any atom is -0.435 e. The Kier molecular flexibility index (Phi) is 4.92. The number of halogens is 2. The summed E-state index contributed by atoms with van der Waals surface area (Å²) in [6, 6.07) is 7.28. The maximum Gasteiger partial charge on any atom is 0.387 e. The zero-order chi connectivity index (χ0) is 17.8. The number of ether oxygens (including phenoxy) is 1. The summed E-state index contributed by atoms with van der Waals surface area (Å²) in [7, 11) is 0. The number of carbonyl (C=O) groups excluding carboxylic acids is 1. The third-order valence-corrected chi connectivity index (χ3v) is 3.81. The Morgan fingerprint density at radius 1 is 1.40 bits per heavy atom. The molecule has 0 fully saturated rings. The number of nitrogens with one attached hydrogen (secondary N) is 2. The topological polar surface area (TPSA) is 87.3 Å². The molecule has 25 heavy (non-hydrogen) atoms. The van der Waals surface area contributed by atoms with Gasteiger partial charge in [0.1, 0.15) is 5.75 Å². The predicted octanol–water partition coefficient (Wildman–Crippen LogP) is 1.64. The molecule has 2 N–H and O–H groups in total. The lowest BCUT2D eigenvalue weighted by atomic mass is 10.1. The van der Waals surface area contributed by atoms with Crippen LogP contribution in [0.2, 0.25) is 0 Å². The average Bonchev–Trinajstić information content (AvgIpc) is 2.58. The maximum atomic E-state index is 12.3. The van der Waals surface area contributed by atoms with Gasteiger partial charge in [-0.25, -0.2) is 9.89 Å². The predicted molar refractivity (Wildman–Crippen MR) is 84.3 cm³/mol. The van der Waals surface area contributed by atoms with Crippen LogP contribution >= 0.6 is 0 Å². The molecule has 0 bridgehead atoms. The van der Waals surface area contributed by atoms with E-state index in [0.29, 0.717) is 25.1 Å². The summed E-state index contributed by atoms with van der Waals surface area (Å²) in [6.07, 6.45) is 0.553. The van der Waals surface area contributed by atoms with Gasteiger partial charge in [0.25, 0.3) is 5.56 Å². The van der Waals surface area contributed by atoms with Crippen molar-refractivity contribution < 1.29 is 18.3 Å². The number of nitrogens with zero attached hydrogens (tertiary/aromatic N) is 2. The van der Waals surface area contributed by atoms with Crippen LogP contribution in [0.15, 0.2) is 35.1 Å². The minimum absolute atomic E-state index is 0.0407. The van der Waals surface area contributed by atoms with Crippen molar-refractivity contribution in [3.05, 3.63) is 57.5 Å². The van der Waals surface area contributed by atoms with E-state index in [2.05, 4.69) is 20.3 Å². The second-order valence-electron chi connectivity index (χ2n) is 5.56. The van der Waals surface area contributed by atoms with E-state index in [0.717, 1.165) is 11.3 Å². The van der Waals surface area contributed by atoms with Crippen LogP contribution in [-0.4, -0.2) is 34.3 Å². The molecule has 1 aliphatic rings. The summed E-state index contributed by atoms with van der Waals surface area (Å²) in [6.45, 7) is -1.94. The summed E-state index contributed by atoms with van der Waals surface area (Å²) in [4.78, 5) is 25.2. The van der Waals surface area contributed by atoms with Crippen LogP contribution in [0.1, 0.15) is 16.8 Å². The molecule has 132 valence electrons. The summed E-state index contributed by atoms with van der Waals surface area (Å²) >= 11 is 0. The van der Waals surface area contributed by atoms with Crippen LogP contribution in [0.3, 0.4) is 0 Å². The molecule has 1 aliphatic heterocycles. The SMILES string of the molecule is O=C(NCc1cccc(OC(F)F)c1)N1CCc2n[nH]c(=O)cc2C1. The van der Waals surface area contributed by atoms with Crippen LogP contribution in [0, 0.1) is 0 Å². The molecular formula is C16H16F2N4O3. The first kappa shape index (κ1) is 16.9. The number of hydrogen-bond donors (Lipinski definition) is 2. The standard InChI is InChI=1S/C16H16F2N4O3/c17-15(18)25-12-3-1-2-10(6-12)8-19-16(24)22-5-4-13-11(9-22)7-14(23)21-20-13/h1-3,6-7,15H,4-5,8-9H2,(H,19,24)(H,21,23). The van der Waals surface area contributed by atoms with Gasteiger partial charge >= 0.3 is 12.6 Å². The molecule has 1 aromatic carbocycles. The number of hydrogen-bond acceptors (Lipinski definition) is 4. The molecule has 0 unspecified atom stereocenters. The van der Waals surface area contributed by atoms with Crippen LogP contribution < -0.4 is 15.6 Å². The fraction of sp³-hybridized carbons (Fsp3) is 0.312. The number of urea groups is 1. The molecular weight excluding hydrogens is 334 g/mol. The highest BCUT2D eigenvalue weighted by Gasteiger charge is 2.21. The number of benzene rings is 1. The molecule has 7 nitrogen and oxygen atoms in total. The Morgan fingerprint density at radius 3 is 3.04 bits per heavy atom. The lowest BCUT2D eigenvalue weighted by Crippen LogP contribution is -2.43. The van der Waals surface area contributed by atoms with Crippen molar-refractivity contribution in [3.8, 4) is 5.75 Å². The molecule has 0 saturated heterocycles. The van der Waals surface area contributed by atoms with Gasteiger partial charge in [0.2, 0.25) is 0 Å². The molecule has 1 aromatic heterocycles. The highest BCUT2D eigenvalue weighted by molar-refractivity contribution is 5.74. The van der Waals surface area contributed by atoms with Gasteiger partial charge in [-0.15, -0.1) is 0 Å². The van der Waals surface area contributed by atoms with Crippen molar-refractivity contribution in [2.24, 2.45) is 0 Å². The number of rotatable bonds is 4. The molecule has 0 atom stereocenters. The smallest absolute Gasteiger partial charge is 0.387 e. The van der Waals surface area contributed by atoms with Crippen LogP contribution in [0.4, 0.5) is 13.6 Å². The number of aromatic amines is 1. The largest absolute Gasteiger partial charge is 0.435 e. The lowest BCUT2D eigenvalue weighted by Gasteiger charge is -2.27. The van der Waals surface area contributed by atoms with Crippen molar-refractivity contribution in [2.45, 2.75) is 26.1 Å². The Bertz CT molecular complexity index is 825. The van der Waals surface area contributed by atoms with E-state index in [-0.39, 0.29) is 23.9 Å². The van der Waals surface area contributed by atoms with E-state index in [1.54, 1.807) is 17.0 Å².